The summed E-state index contributed by atoms with van der Waals surface area (Å²) < 4.78 is 57.2. The van der Waals surface area contributed by atoms with E-state index in [2.05, 4.69) is 0 Å². The van der Waals surface area contributed by atoms with Gasteiger partial charge in [0.05, 0.1) is 10.6 Å². The van der Waals surface area contributed by atoms with E-state index in [4.69, 9.17) is 4.18 Å². The average molecular weight is 454 g/mol. The average Bonchev–Trinajstić information content (AvgIpc) is 2.59. The molecule has 0 aliphatic rings. The molecule has 0 bridgehead atoms. The van der Waals surface area contributed by atoms with E-state index in [9.17, 15) is 16.8 Å². The van der Waals surface area contributed by atoms with Crippen molar-refractivity contribution in [2.24, 2.45) is 5.92 Å². The van der Waals surface area contributed by atoms with Crippen LogP contribution in [0.1, 0.15) is 43.0 Å². The molecule has 0 aliphatic carbocycles. The second kappa shape index (κ2) is 9.49. The van der Waals surface area contributed by atoms with Gasteiger partial charge < -0.3 is 4.18 Å². The molecule has 0 aliphatic heterocycles. The van der Waals surface area contributed by atoms with Crippen LogP contribution in [0.25, 0.3) is 0 Å². The van der Waals surface area contributed by atoms with Gasteiger partial charge in [0.1, 0.15) is 5.75 Å². The Hall–Kier alpha value is -1.90. The Kier molecular flexibility index (Phi) is 7.71. The van der Waals surface area contributed by atoms with Crippen LogP contribution in [0.4, 0.5) is 0 Å². The Labute approximate surface area is 181 Å². The second-order valence-corrected chi connectivity index (χ2v) is 11.7. The van der Waals surface area contributed by atoms with Gasteiger partial charge in [-0.3, -0.25) is 0 Å². The first-order valence-corrected chi connectivity index (χ1v) is 13.0. The van der Waals surface area contributed by atoms with Gasteiger partial charge in [-0.15, -0.1) is 0 Å². The van der Waals surface area contributed by atoms with E-state index in [0.29, 0.717) is 28.1 Å². The third kappa shape index (κ3) is 6.06. The zero-order chi connectivity index (χ0) is 22.7. The summed E-state index contributed by atoms with van der Waals surface area (Å²) in [6.45, 7) is 11.5. The summed E-state index contributed by atoms with van der Waals surface area (Å²) in [6, 6.07) is 10.3. The molecule has 2 aromatic carbocycles. The molecule has 30 heavy (non-hydrogen) atoms. The lowest BCUT2D eigenvalue weighted by molar-refractivity contribution is 0.361. The van der Waals surface area contributed by atoms with Gasteiger partial charge in [0.25, 0.3) is 0 Å². The highest BCUT2D eigenvalue weighted by Crippen LogP contribution is 2.28. The molecule has 0 saturated carbocycles. The van der Waals surface area contributed by atoms with E-state index in [-0.39, 0.29) is 24.0 Å². The zero-order valence-corrected chi connectivity index (χ0v) is 20.1. The molecule has 6 nitrogen and oxygen atoms in total. The largest absolute Gasteiger partial charge is 0.382 e. The Morgan fingerprint density at radius 2 is 1.57 bits per heavy atom. The lowest BCUT2D eigenvalue weighted by atomic mass is 10.1. The maximum Gasteiger partial charge on any atom is 0.308 e. The van der Waals surface area contributed by atoms with Crippen molar-refractivity contribution in [3.8, 4) is 5.75 Å². The van der Waals surface area contributed by atoms with E-state index in [1.54, 1.807) is 24.3 Å². The Morgan fingerprint density at radius 3 is 2.10 bits per heavy atom. The Balaban J connectivity index is 2.45. The minimum atomic E-state index is -3.75. The number of aryl methyl sites for hydroxylation is 3. The van der Waals surface area contributed by atoms with Gasteiger partial charge in [-0.25, -0.2) is 8.42 Å². The zero-order valence-electron chi connectivity index (χ0n) is 18.5. The summed E-state index contributed by atoms with van der Waals surface area (Å²) in [5.74, 6) is 0.154. The standard InChI is InChI=1S/C22H31NO5S2/c1-7-29(24,25)28-21-10-8-9-20(13-21)15-23(14-16(2)3)30(26,27)22-18(5)11-17(4)12-19(22)6/h8-13,16H,7,14-15H2,1-6H3. The second-order valence-electron chi connectivity index (χ2n) is 8.00. The Morgan fingerprint density at radius 1 is 0.967 bits per heavy atom. The molecule has 166 valence electrons. The van der Waals surface area contributed by atoms with Crippen molar-refractivity contribution in [3.05, 3.63) is 58.7 Å². The van der Waals surface area contributed by atoms with Crippen molar-refractivity contribution in [1.82, 2.24) is 4.31 Å². The van der Waals surface area contributed by atoms with E-state index < -0.39 is 20.1 Å². The summed E-state index contributed by atoms with van der Waals surface area (Å²) in [5, 5.41) is 0. The molecule has 0 amide bonds. The molecule has 0 fully saturated rings. The van der Waals surface area contributed by atoms with Crippen molar-refractivity contribution < 1.29 is 21.0 Å². The van der Waals surface area contributed by atoms with Crippen molar-refractivity contribution in [1.29, 1.82) is 0 Å². The topological polar surface area (TPSA) is 80.8 Å². The SMILES string of the molecule is CCS(=O)(=O)Oc1cccc(CN(CC(C)C)S(=O)(=O)c2c(C)cc(C)cc2C)c1. The van der Waals surface area contributed by atoms with E-state index in [0.717, 1.165) is 5.56 Å². The van der Waals surface area contributed by atoms with E-state index in [1.807, 2.05) is 46.8 Å². The number of hydrogen-bond acceptors (Lipinski definition) is 5. The van der Waals surface area contributed by atoms with Gasteiger partial charge in [-0.2, -0.15) is 12.7 Å². The minimum Gasteiger partial charge on any atom is -0.382 e. The maximum atomic E-state index is 13.6. The molecule has 2 aromatic rings. The number of hydrogen-bond donors (Lipinski definition) is 0. The van der Waals surface area contributed by atoms with Crippen LogP contribution in [-0.2, 0) is 26.7 Å². The van der Waals surface area contributed by atoms with Crippen LogP contribution in [0.2, 0.25) is 0 Å². The summed E-state index contributed by atoms with van der Waals surface area (Å²) in [5.41, 5.74) is 3.10. The summed E-state index contributed by atoms with van der Waals surface area (Å²) in [7, 11) is -7.41. The van der Waals surface area contributed by atoms with Gasteiger partial charge >= 0.3 is 10.1 Å². The molecule has 0 N–H and O–H groups in total. The predicted octanol–water partition coefficient (Wildman–Crippen LogP) is 4.19. The molecule has 0 spiro atoms. The van der Waals surface area contributed by atoms with Crippen molar-refractivity contribution >= 4 is 20.1 Å². The predicted molar refractivity (Wildman–Crippen MR) is 120 cm³/mol. The van der Waals surface area contributed by atoms with Gasteiger partial charge in [0.15, 0.2) is 0 Å². The highest BCUT2D eigenvalue weighted by Gasteiger charge is 2.29. The summed E-state index contributed by atoms with van der Waals surface area (Å²) in [6.07, 6.45) is 0. The molecule has 0 atom stereocenters. The van der Waals surface area contributed by atoms with Gasteiger partial charge in [-0.1, -0.05) is 43.7 Å². The first kappa shape index (κ1) is 24.4. The van der Waals surface area contributed by atoms with Crippen LogP contribution in [0.5, 0.6) is 5.75 Å². The third-order valence-electron chi connectivity index (χ3n) is 4.61. The maximum absolute atomic E-state index is 13.6. The number of sulfonamides is 1. The number of rotatable bonds is 9. The first-order chi connectivity index (χ1) is 13.9. The summed E-state index contributed by atoms with van der Waals surface area (Å²) >= 11 is 0. The molecule has 2 rings (SSSR count). The van der Waals surface area contributed by atoms with Gasteiger partial charge in [0, 0.05) is 13.1 Å². The normalized spacial score (nSPS) is 12.5. The summed E-state index contributed by atoms with van der Waals surface area (Å²) in [4.78, 5) is 0.328. The first-order valence-electron chi connectivity index (χ1n) is 9.94. The highest BCUT2D eigenvalue weighted by atomic mass is 32.2. The molecule has 8 heteroatoms. The van der Waals surface area contributed by atoms with Crippen LogP contribution in [-0.4, -0.2) is 33.4 Å². The van der Waals surface area contributed by atoms with E-state index >= 15 is 0 Å². The molecular weight excluding hydrogens is 422 g/mol. The van der Waals surface area contributed by atoms with Crippen molar-refractivity contribution in [3.63, 3.8) is 0 Å². The third-order valence-corrected chi connectivity index (χ3v) is 7.88. The van der Waals surface area contributed by atoms with Crippen molar-refractivity contribution in [2.45, 2.75) is 53.0 Å². The highest BCUT2D eigenvalue weighted by molar-refractivity contribution is 7.89. The molecule has 0 heterocycles. The molecule has 0 radical (unpaired) electrons. The molecular formula is C22H31NO5S2. The van der Waals surface area contributed by atoms with Crippen LogP contribution in [0, 0.1) is 26.7 Å². The monoisotopic (exact) mass is 453 g/mol. The lowest BCUT2D eigenvalue weighted by Crippen LogP contribution is -2.34. The quantitative estimate of drug-likeness (QED) is 0.532. The fourth-order valence-corrected chi connectivity index (χ4v) is 5.98. The molecule has 0 saturated heterocycles. The lowest BCUT2D eigenvalue weighted by Gasteiger charge is -2.26. The van der Waals surface area contributed by atoms with Crippen LogP contribution >= 0.6 is 0 Å². The van der Waals surface area contributed by atoms with Gasteiger partial charge in [-0.05, 0) is 62.4 Å². The number of benzene rings is 2. The fourth-order valence-electron chi connectivity index (χ4n) is 3.46. The van der Waals surface area contributed by atoms with Crippen molar-refractivity contribution in [2.75, 3.05) is 12.3 Å². The minimum absolute atomic E-state index is 0.116. The van der Waals surface area contributed by atoms with Crippen LogP contribution < -0.4 is 4.18 Å². The molecule has 0 unspecified atom stereocenters. The Bertz CT molecular complexity index is 1080. The fraction of sp³-hybridized carbons (Fsp3) is 0.455. The van der Waals surface area contributed by atoms with Crippen LogP contribution in [0.3, 0.4) is 0 Å². The van der Waals surface area contributed by atoms with Crippen LogP contribution in [0.15, 0.2) is 41.3 Å². The molecule has 0 aromatic heterocycles. The smallest absolute Gasteiger partial charge is 0.308 e. The number of nitrogens with zero attached hydrogens (tertiary/aromatic N) is 1. The van der Waals surface area contributed by atoms with Gasteiger partial charge in [0.2, 0.25) is 10.0 Å². The van der Waals surface area contributed by atoms with E-state index in [1.165, 1.54) is 11.2 Å².